The highest BCUT2D eigenvalue weighted by molar-refractivity contribution is 7.89. The number of aryl methyl sites for hydroxylation is 1. The molecule has 2 aromatic rings. The number of imidazole rings is 1. The minimum atomic E-state index is -5.08. The second-order valence-electron chi connectivity index (χ2n) is 7.20. The second kappa shape index (κ2) is 12.4. The number of carboxylic acids is 2. The Morgan fingerprint density at radius 3 is 1.89 bits per heavy atom. The number of hydrogen-bond donors (Lipinski definition) is 2. The SMILES string of the molecule is CCN(CC)Cc1nc2c(o1)CN(S(=O)(=O)c1cn(C)cn1)C2.O=C(O)C(F)(F)F.O=C(O)C(F)(F)F. The minimum Gasteiger partial charge on any atom is -0.475 e. The van der Waals surface area contributed by atoms with E-state index in [4.69, 9.17) is 24.2 Å². The first-order valence-corrected chi connectivity index (χ1v) is 11.5. The van der Waals surface area contributed by atoms with Crippen molar-refractivity contribution in [3.63, 3.8) is 0 Å². The number of carboxylic acid groups (broad SMARTS) is 2. The second-order valence-corrected chi connectivity index (χ2v) is 9.08. The molecule has 3 rings (SSSR count). The number of aromatic nitrogens is 3. The predicted molar refractivity (Wildman–Crippen MR) is 110 cm³/mol. The zero-order valence-electron chi connectivity index (χ0n) is 19.5. The molecule has 0 aromatic carbocycles. The lowest BCUT2D eigenvalue weighted by atomic mass is 10.4. The number of fused-ring (bicyclic) bond motifs is 1. The molecule has 0 bridgehead atoms. The number of carbonyl (C=O) groups is 2. The largest absolute Gasteiger partial charge is 0.490 e. The van der Waals surface area contributed by atoms with Gasteiger partial charge >= 0.3 is 24.3 Å². The molecular weight excluding hydrogens is 544 g/mol. The van der Waals surface area contributed by atoms with Gasteiger partial charge in [-0.15, -0.1) is 0 Å². The fourth-order valence-electron chi connectivity index (χ4n) is 2.60. The number of aliphatic carboxylic acids is 2. The van der Waals surface area contributed by atoms with Crippen LogP contribution < -0.4 is 0 Å². The van der Waals surface area contributed by atoms with Gasteiger partial charge in [0.15, 0.2) is 5.03 Å². The molecule has 0 fully saturated rings. The van der Waals surface area contributed by atoms with E-state index in [9.17, 15) is 34.8 Å². The van der Waals surface area contributed by atoms with Gasteiger partial charge in [-0.05, 0) is 13.1 Å². The van der Waals surface area contributed by atoms with Gasteiger partial charge < -0.3 is 19.2 Å². The standard InChI is InChI=1S/C14H21N5O3S.2C2HF3O2/c1-4-18(5-2)8-13-16-11-6-19(7-12(11)22-13)23(20,21)14-9-17(3)10-15-14;2*3-2(4,5)1(6)7/h9-10H,4-8H2,1-3H3;2*(H,6,7). The summed E-state index contributed by atoms with van der Waals surface area (Å²) in [4.78, 5) is 28.4. The third-order valence-corrected chi connectivity index (χ3v) is 6.17. The Kier molecular flexibility index (Phi) is 10.6. The Labute approximate surface area is 206 Å². The summed E-state index contributed by atoms with van der Waals surface area (Å²) in [7, 11) is -1.87. The van der Waals surface area contributed by atoms with E-state index in [0.29, 0.717) is 23.9 Å². The van der Waals surface area contributed by atoms with Crippen LogP contribution in [0.5, 0.6) is 0 Å². The summed E-state index contributed by atoms with van der Waals surface area (Å²) in [5.74, 6) is -4.24. The molecule has 1 aliphatic heterocycles. The summed E-state index contributed by atoms with van der Waals surface area (Å²) in [6.45, 7) is 7.10. The van der Waals surface area contributed by atoms with Crippen molar-refractivity contribution in [3.05, 3.63) is 29.9 Å². The van der Waals surface area contributed by atoms with Gasteiger partial charge in [0, 0.05) is 13.2 Å². The van der Waals surface area contributed by atoms with Crippen molar-refractivity contribution in [2.24, 2.45) is 7.05 Å². The maximum Gasteiger partial charge on any atom is 0.490 e. The molecule has 2 aromatic heterocycles. The molecule has 0 atom stereocenters. The molecular formula is C18H23F6N5O7S. The molecule has 19 heteroatoms. The number of hydrogen-bond acceptors (Lipinski definition) is 8. The molecule has 0 unspecified atom stereocenters. The van der Waals surface area contributed by atoms with Crippen molar-refractivity contribution < 1.29 is 59.0 Å². The third-order valence-electron chi connectivity index (χ3n) is 4.49. The van der Waals surface area contributed by atoms with E-state index in [0.717, 1.165) is 13.1 Å². The Morgan fingerprint density at radius 2 is 1.54 bits per heavy atom. The van der Waals surface area contributed by atoms with Gasteiger partial charge in [-0.3, -0.25) is 4.90 Å². The highest BCUT2D eigenvalue weighted by Crippen LogP contribution is 2.28. The summed E-state index contributed by atoms with van der Waals surface area (Å²) >= 11 is 0. The predicted octanol–water partition coefficient (Wildman–Crippen LogP) is 2.22. The number of rotatable bonds is 6. The van der Waals surface area contributed by atoms with Crippen molar-refractivity contribution >= 4 is 22.0 Å². The van der Waals surface area contributed by atoms with Crippen molar-refractivity contribution in [3.8, 4) is 0 Å². The highest BCUT2D eigenvalue weighted by atomic mass is 32.2. The van der Waals surface area contributed by atoms with Crippen molar-refractivity contribution in [1.82, 2.24) is 23.7 Å². The molecule has 0 amide bonds. The van der Waals surface area contributed by atoms with Crippen molar-refractivity contribution in [2.75, 3.05) is 13.1 Å². The first-order valence-electron chi connectivity index (χ1n) is 10.1. The molecule has 2 N–H and O–H groups in total. The van der Waals surface area contributed by atoms with Gasteiger partial charge in [0.25, 0.3) is 10.0 Å². The lowest BCUT2D eigenvalue weighted by molar-refractivity contribution is -0.193. The van der Waals surface area contributed by atoms with Gasteiger partial charge in [0.05, 0.1) is 31.7 Å². The number of halogens is 6. The molecule has 0 saturated heterocycles. The molecule has 0 spiro atoms. The van der Waals surface area contributed by atoms with Crippen LogP contribution in [0.2, 0.25) is 0 Å². The lowest BCUT2D eigenvalue weighted by Crippen LogP contribution is -2.26. The minimum absolute atomic E-state index is 0.0496. The molecule has 0 saturated carbocycles. The number of alkyl halides is 6. The van der Waals surface area contributed by atoms with Crippen LogP contribution in [0.15, 0.2) is 22.0 Å². The number of oxazole rings is 1. The number of sulfonamides is 1. The van der Waals surface area contributed by atoms with Crippen LogP contribution in [0.1, 0.15) is 31.2 Å². The van der Waals surface area contributed by atoms with Crippen LogP contribution >= 0.6 is 0 Å². The van der Waals surface area contributed by atoms with Crippen molar-refractivity contribution in [1.29, 1.82) is 0 Å². The fourth-order valence-corrected chi connectivity index (χ4v) is 3.92. The molecule has 210 valence electrons. The Bertz CT molecular complexity index is 1130. The summed E-state index contributed by atoms with van der Waals surface area (Å²) < 4.78 is 97.3. The monoisotopic (exact) mass is 567 g/mol. The van der Waals surface area contributed by atoms with Gasteiger partial charge in [-0.2, -0.15) is 30.6 Å². The van der Waals surface area contributed by atoms with E-state index in [-0.39, 0.29) is 18.1 Å². The van der Waals surface area contributed by atoms with E-state index < -0.39 is 34.3 Å². The maximum absolute atomic E-state index is 12.5. The van der Waals surface area contributed by atoms with Gasteiger partial charge in [-0.1, -0.05) is 13.8 Å². The van der Waals surface area contributed by atoms with E-state index in [2.05, 4.69) is 28.7 Å². The topological polar surface area (TPSA) is 159 Å². The zero-order chi connectivity index (χ0) is 28.8. The summed E-state index contributed by atoms with van der Waals surface area (Å²) in [5, 5.41) is 14.3. The fraction of sp³-hybridized carbons (Fsp3) is 0.556. The first kappa shape index (κ1) is 31.8. The lowest BCUT2D eigenvalue weighted by Gasteiger charge is -2.16. The normalized spacial score (nSPS) is 13.9. The van der Waals surface area contributed by atoms with Crippen LogP contribution in [0, 0.1) is 0 Å². The Balaban J connectivity index is 0.000000404. The molecule has 37 heavy (non-hydrogen) atoms. The van der Waals surface area contributed by atoms with Crippen LogP contribution in [0.3, 0.4) is 0 Å². The van der Waals surface area contributed by atoms with Gasteiger partial charge in [0.2, 0.25) is 5.89 Å². The zero-order valence-corrected chi connectivity index (χ0v) is 20.4. The quantitative estimate of drug-likeness (QED) is 0.496. The first-order chi connectivity index (χ1) is 16.8. The van der Waals surface area contributed by atoms with Gasteiger partial charge in [0.1, 0.15) is 5.76 Å². The Morgan fingerprint density at radius 1 is 1.05 bits per heavy atom. The average molecular weight is 567 g/mol. The van der Waals surface area contributed by atoms with Crippen LogP contribution in [-0.2, 0) is 46.3 Å². The Hall–Kier alpha value is -3.19. The smallest absolute Gasteiger partial charge is 0.475 e. The third kappa shape index (κ3) is 9.32. The van der Waals surface area contributed by atoms with Gasteiger partial charge in [-0.25, -0.2) is 28.0 Å². The van der Waals surface area contributed by atoms with Crippen LogP contribution in [0.25, 0.3) is 0 Å². The maximum atomic E-state index is 12.5. The summed E-state index contributed by atoms with van der Waals surface area (Å²) in [6, 6.07) is 0. The van der Waals surface area contributed by atoms with E-state index >= 15 is 0 Å². The number of nitrogens with zero attached hydrogens (tertiary/aromatic N) is 5. The van der Waals surface area contributed by atoms with E-state index in [1.807, 2.05) is 0 Å². The highest BCUT2D eigenvalue weighted by Gasteiger charge is 2.39. The van der Waals surface area contributed by atoms with Crippen LogP contribution in [0.4, 0.5) is 26.3 Å². The molecule has 3 heterocycles. The van der Waals surface area contributed by atoms with Crippen LogP contribution in [-0.4, -0.2) is 79.8 Å². The molecule has 0 radical (unpaired) electrons. The summed E-state index contributed by atoms with van der Waals surface area (Å²) in [6.07, 6.45) is -7.20. The van der Waals surface area contributed by atoms with E-state index in [1.54, 1.807) is 11.6 Å². The molecule has 0 aliphatic carbocycles. The van der Waals surface area contributed by atoms with E-state index in [1.165, 1.54) is 16.8 Å². The molecule has 12 nitrogen and oxygen atoms in total. The summed E-state index contributed by atoms with van der Waals surface area (Å²) in [5.41, 5.74) is 0.701. The average Bonchev–Trinajstić information content (AvgIpc) is 3.46. The van der Waals surface area contributed by atoms with Crippen molar-refractivity contribution in [2.45, 2.75) is 50.9 Å². The molecule has 1 aliphatic rings.